The lowest BCUT2D eigenvalue weighted by Gasteiger charge is -2.24. The number of nitrogens with zero attached hydrogens (tertiary/aromatic N) is 1. The molecule has 0 saturated carbocycles. The van der Waals surface area contributed by atoms with Crippen LogP contribution in [0.15, 0.2) is 47.4 Å². The van der Waals surface area contributed by atoms with Crippen LogP contribution in [-0.4, -0.2) is 31.9 Å². The first-order chi connectivity index (χ1) is 12.1. The molecule has 2 aromatic carbocycles. The maximum absolute atomic E-state index is 13.0. The first-order valence-corrected chi connectivity index (χ1v) is 9.24. The van der Waals surface area contributed by atoms with Gasteiger partial charge in [0, 0.05) is 12.6 Å². The maximum atomic E-state index is 13.0. The number of sulfonamides is 1. The van der Waals surface area contributed by atoms with E-state index in [2.05, 4.69) is 5.32 Å². The number of rotatable bonds is 6. The van der Waals surface area contributed by atoms with Crippen molar-refractivity contribution in [1.29, 1.82) is 0 Å². The van der Waals surface area contributed by atoms with Crippen molar-refractivity contribution in [3.8, 4) is 0 Å². The van der Waals surface area contributed by atoms with Gasteiger partial charge in [0.2, 0.25) is 5.91 Å². The molecule has 138 valence electrons. The lowest BCUT2D eigenvalue weighted by molar-refractivity contribution is -0.135. The lowest BCUT2D eigenvalue weighted by Crippen LogP contribution is -2.36. The van der Waals surface area contributed by atoms with E-state index in [-0.39, 0.29) is 10.8 Å². The molecule has 0 aliphatic rings. The highest BCUT2D eigenvalue weighted by Gasteiger charge is 2.28. The summed E-state index contributed by atoms with van der Waals surface area (Å²) in [6, 6.07) is 10.7. The Labute approximate surface area is 152 Å². The highest BCUT2D eigenvalue weighted by molar-refractivity contribution is 7.92. The molecule has 0 unspecified atom stereocenters. The number of carboxylic acid groups (broad SMARTS) is 1. The summed E-state index contributed by atoms with van der Waals surface area (Å²) in [7, 11) is -4.09. The number of amides is 1. The number of carboxylic acids is 1. The zero-order valence-electron chi connectivity index (χ0n) is 14.7. The molecule has 2 aromatic rings. The van der Waals surface area contributed by atoms with Gasteiger partial charge in [-0.1, -0.05) is 17.7 Å². The molecule has 0 saturated heterocycles. The largest absolute Gasteiger partial charge is 0.480 e. The Kier molecular flexibility index (Phi) is 5.66. The van der Waals surface area contributed by atoms with Gasteiger partial charge in [0.15, 0.2) is 0 Å². The second kappa shape index (κ2) is 7.57. The quantitative estimate of drug-likeness (QED) is 0.806. The van der Waals surface area contributed by atoms with E-state index in [1.54, 1.807) is 25.1 Å². The van der Waals surface area contributed by atoms with E-state index in [4.69, 9.17) is 0 Å². The van der Waals surface area contributed by atoms with Crippen LogP contribution in [-0.2, 0) is 19.6 Å². The average molecular weight is 376 g/mol. The molecule has 7 nitrogen and oxygen atoms in total. The standard InChI is InChI=1S/C18H20N2O5S/c1-12-4-9-17(13(2)10-12)20(11-18(22)23)26(24,25)16-7-5-15(6-8-16)19-14(3)21/h4-10H,11H2,1-3H3,(H,19,21)(H,22,23). The molecule has 8 heteroatoms. The van der Waals surface area contributed by atoms with E-state index in [1.807, 2.05) is 6.92 Å². The maximum Gasteiger partial charge on any atom is 0.324 e. The van der Waals surface area contributed by atoms with E-state index in [1.165, 1.54) is 31.2 Å². The summed E-state index contributed by atoms with van der Waals surface area (Å²) in [5, 5.41) is 11.7. The van der Waals surface area contributed by atoms with Crippen LogP contribution in [0.25, 0.3) is 0 Å². The minimum Gasteiger partial charge on any atom is -0.480 e. The van der Waals surface area contributed by atoms with Crippen molar-refractivity contribution in [3.05, 3.63) is 53.6 Å². The molecule has 0 heterocycles. The molecular formula is C18H20N2O5S. The van der Waals surface area contributed by atoms with Crippen LogP contribution < -0.4 is 9.62 Å². The van der Waals surface area contributed by atoms with Crippen molar-refractivity contribution in [2.24, 2.45) is 0 Å². The number of aryl methyl sites for hydroxylation is 2. The summed E-state index contributed by atoms with van der Waals surface area (Å²) in [5.74, 6) is -1.54. The van der Waals surface area contributed by atoms with Gasteiger partial charge >= 0.3 is 5.97 Å². The summed E-state index contributed by atoms with van der Waals surface area (Å²) in [6.07, 6.45) is 0. The normalized spacial score (nSPS) is 11.0. The molecule has 2 N–H and O–H groups in total. The van der Waals surface area contributed by atoms with Crippen LogP contribution in [0.3, 0.4) is 0 Å². The Morgan fingerprint density at radius 3 is 2.19 bits per heavy atom. The van der Waals surface area contributed by atoms with Crippen molar-refractivity contribution in [3.63, 3.8) is 0 Å². The zero-order chi connectivity index (χ0) is 19.5. The molecule has 26 heavy (non-hydrogen) atoms. The molecule has 0 aromatic heterocycles. The van der Waals surface area contributed by atoms with Crippen molar-refractivity contribution >= 4 is 33.3 Å². The topological polar surface area (TPSA) is 104 Å². The molecule has 0 radical (unpaired) electrons. The van der Waals surface area contributed by atoms with Crippen LogP contribution in [0.4, 0.5) is 11.4 Å². The summed E-state index contributed by atoms with van der Waals surface area (Å²) < 4.78 is 26.9. The van der Waals surface area contributed by atoms with Crippen molar-refractivity contribution < 1.29 is 23.1 Å². The van der Waals surface area contributed by atoms with Gasteiger partial charge in [-0.15, -0.1) is 0 Å². The van der Waals surface area contributed by atoms with E-state index < -0.39 is 22.5 Å². The van der Waals surface area contributed by atoms with Crippen molar-refractivity contribution in [2.45, 2.75) is 25.7 Å². The fourth-order valence-corrected chi connectivity index (χ4v) is 4.03. The third kappa shape index (κ3) is 4.40. The van der Waals surface area contributed by atoms with Crippen molar-refractivity contribution in [1.82, 2.24) is 0 Å². The van der Waals surface area contributed by atoms with Crippen molar-refractivity contribution in [2.75, 3.05) is 16.2 Å². The third-order valence-corrected chi connectivity index (χ3v) is 5.44. The fourth-order valence-electron chi connectivity index (χ4n) is 2.55. The molecule has 2 rings (SSSR count). The minimum atomic E-state index is -4.09. The highest BCUT2D eigenvalue weighted by atomic mass is 32.2. The first-order valence-electron chi connectivity index (χ1n) is 7.80. The highest BCUT2D eigenvalue weighted by Crippen LogP contribution is 2.28. The van der Waals surface area contributed by atoms with Crippen LogP contribution in [0.5, 0.6) is 0 Å². The van der Waals surface area contributed by atoms with Gasteiger partial charge in [-0.25, -0.2) is 8.42 Å². The number of hydrogen-bond donors (Lipinski definition) is 2. The molecule has 0 aliphatic heterocycles. The average Bonchev–Trinajstić information content (AvgIpc) is 2.53. The number of nitrogens with one attached hydrogen (secondary N) is 1. The summed E-state index contributed by atoms with van der Waals surface area (Å²) in [4.78, 5) is 22.3. The van der Waals surface area contributed by atoms with E-state index in [0.717, 1.165) is 9.87 Å². The minimum absolute atomic E-state index is 0.0622. The Hall–Kier alpha value is -2.87. The van der Waals surface area contributed by atoms with Gasteiger partial charge in [0.25, 0.3) is 10.0 Å². The molecule has 0 aliphatic carbocycles. The van der Waals surface area contributed by atoms with Gasteiger partial charge in [-0.2, -0.15) is 0 Å². The summed E-state index contributed by atoms with van der Waals surface area (Å²) in [6.45, 7) is 4.25. The lowest BCUT2D eigenvalue weighted by atomic mass is 10.1. The van der Waals surface area contributed by atoms with Gasteiger partial charge in [0.05, 0.1) is 10.6 Å². The second-order valence-corrected chi connectivity index (χ2v) is 7.76. The van der Waals surface area contributed by atoms with Crippen LogP contribution >= 0.6 is 0 Å². The molecular weight excluding hydrogens is 356 g/mol. The first kappa shape index (κ1) is 19.5. The predicted octanol–water partition coefficient (Wildman–Crippen LogP) is 2.54. The number of aliphatic carboxylic acids is 1. The summed E-state index contributed by atoms with van der Waals surface area (Å²) in [5.41, 5.74) is 2.36. The molecule has 1 amide bonds. The Morgan fingerprint density at radius 1 is 1.08 bits per heavy atom. The third-order valence-electron chi connectivity index (χ3n) is 3.66. The SMILES string of the molecule is CC(=O)Nc1ccc(S(=O)(=O)N(CC(=O)O)c2ccc(C)cc2C)cc1. The van der Waals surface area contributed by atoms with Gasteiger partial charge in [0.1, 0.15) is 6.54 Å². The number of carbonyl (C=O) groups is 2. The van der Waals surface area contributed by atoms with Crippen LogP contribution in [0.2, 0.25) is 0 Å². The van der Waals surface area contributed by atoms with E-state index in [9.17, 15) is 23.1 Å². The number of carbonyl (C=O) groups excluding carboxylic acids is 1. The molecule has 0 fully saturated rings. The van der Waals surface area contributed by atoms with E-state index >= 15 is 0 Å². The summed E-state index contributed by atoms with van der Waals surface area (Å²) >= 11 is 0. The predicted molar refractivity (Wildman–Crippen MR) is 98.8 cm³/mol. The monoisotopic (exact) mass is 376 g/mol. The number of hydrogen-bond acceptors (Lipinski definition) is 4. The van der Waals surface area contributed by atoms with E-state index in [0.29, 0.717) is 16.9 Å². The smallest absolute Gasteiger partial charge is 0.324 e. The van der Waals surface area contributed by atoms with Gasteiger partial charge in [-0.3, -0.25) is 13.9 Å². The zero-order valence-corrected chi connectivity index (χ0v) is 15.5. The Balaban J connectivity index is 2.49. The molecule has 0 spiro atoms. The number of benzene rings is 2. The van der Waals surface area contributed by atoms with Crippen LogP contribution in [0.1, 0.15) is 18.1 Å². The Bertz CT molecular complexity index is 937. The van der Waals surface area contributed by atoms with Gasteiger partial charge < -0.3 is 10.4 Å². The second-order valence-electron chi connectivity index (χ2n) is 5.90. The van der Waals surface area contributed by atoms with Gasteiger partial charge in [-0.05, 0) is 49.7 Å². The molecule has 0 bridgehead atoms. The fraction of sp³-hybridized carbons (Fsp3) is 0.222. The Morgan fingerprint density at radius 2 is 1.69 bits per heavy atom. The molecule has 0 atom stereocenters. The number of anilines is 2. The van der Waals surface area contributed by atoms with Crippen LogP contribution in [0, 0.1) is 13.8 Å².